The summed E-state index contributed by atoms with van der Waals surface area (Å²) in [7, 11) is -3.55. The van der Waals surface area contributed by atoms with Crippen molar-refractivity contribution in [3.05, 3.63) is 18.2 Å². The molecule has 0 amide bonds. The maximum absolute atomic E-state index is 12.6. The Kier molecular flexibility index (Phi) is 5.08. The summed E-state index contributed by atoms with van der Waals surface area (Å²) in [4.78, 5) is 2.50. The molecular weight excluding hydrogens is 316 g/mol. The van der Waals surface area contributed by atoms with E-state index >= 15 is 0 Å². The average molecular weight is 340 g/mol. The molecule has 128 valence electrons. The van der Waals surface area contributed by atoms with E-state index in [9.17, 15) is 8.42 Å². The van der Waals surface area contributed by atoms with Gasteiger partial charge in [-0.1, -0.05) is 6.92 Å². The molecule has 1 atom stereocenters. The summed E-state index contributed by atoms with van der Waals surface area (Å²) in [5, 5.41) is 0. The van der Waals surface area contributed by atoms with Crippen molar-refractivity contribution in [3.8, 4) is 11.5 Å². The van der Waals surface area contributed by atoms with Gasteiger partial charge in [0.05, 0.1) is 18.1 Å². The SMILES string of the molecule is CCN1CCC[C@@H](NS(=O)(=O)c2ccc3c(c2)OCCCO3)C1. The van der Waals surface area contributed by atoms with Crippen LogP contribution >= 0.6 is 0 Å². The number of benzene rings is 1. The highest BCUT2D eigenvalue weighted by Gasteiger charge is 2.25. The second-order valence-electron chi connectivity index (χ2n) is 6.01. The Balaban J connectivity index is 1.75. The average Bonchev–Trinajstić information content (AvgIpc) is 2.79. The molecule has 1 aromatic rings. The smallest absolute Gasteiger partial charge is 0.241 e. The van der Waals surface area contributed by atoms with Crippen LogP contribution in [0.25, 0.3) is 0 Å². The van der Waals surface area contributed by atoms with Crippen LogP contribution in [-0.2, 0) is 10.0 Å². The standard InChI is InChI=1S/C16H24N2O4S/c1-2-18-8-3-5-13(12-18)17-23(19,20)14-6-7-15-16(11-14)22-10-4-9-21-15/h6-7,11,13,17H,2-5,8-10,12H2,1H3/t13-/m1/s1. The van der Waals surface area contributed by atoms with Crippen LogP contribution in [0.3, 0.4) is 0 Å². The van der Waals surface area contributed by atoms with Crippen LogP contribution in [0, 0.1) is 0 Å². The predicted octanol–water partition coefficient (Wildman–Crippen LogP) is 1.61. The molecule has 1 fully saturated rings. The van der Waals surface area contributed by atoms with E-state index in [4.69, 9.17) is 9.47 Å². The first-order chi connectivity index (χ1) is 11.1. The van der Waals surface area contributed by atoms with E-state index in [2.05, 4.69) is 16.5 Å². The Bertz CT molecular complexity index is 647. The molecule has 3 rings (SSSR count). The van der Waals surface area contributed by atoms with Gasteiger partial charge < -0.3 is 14.4 Å². The number of hydrogen-bond donors (Lipinski definition) is 1. The third-order valence-electron chi connectivity index (χ3n) is 4.30. The number of ether oxygens (including phenoxy) is 2. The lowest BCUT2D eigenvalue weighted by atomic mass is 10.1. The van der Waals surface area contributed by atoms with E-state index in [-0.39, 0.29) is 10.9 Å². The van der Waals surface area contributed by atoms with Gasteiger partial charge in [-0.05, 0) is 38.1 Å². The summed E-state index contributed by atoms with van der Waals surface area (Å²) < 4.78 is 39.2. The summed E-state index contributed by atoms with van der Waals surface area (Å²) in [6.07, 6.45) is 2.69. The fourth-order valence-electron chi connectivity index (χ4n) is 3.04. The van der Waals surface area contributed by atoms with Crippen LogP contribution in [0.1, 0.15) is 26.2 Å². The zero-order valence-electron chi connectivity index (χ0n) is 13.5. The van der Waals surface area contributed by atoms with Crippen molar-refractivity contribution >= 4 is 10.0 Å². The fourth-order valence-corrected chi connectivity index (χ4v) is 4.31. The molecule has 2 aliphatic heterocycles. The lowest BCUT2D eigenvalue weighted by Gasteiger charge is -2.32. The van der Waals surface area contributed by atoms with Gasteiger partial charge in [0.1, 0.15) is 0 Å². The maximum atomic E-state index is 12.6. The first kappa shape index (κ1) is 16.5. The zero-order chi connectivity index (χ0) is 16.3. The van der Waals surface area contributed by atoms with Gasteiger partial charge in [0.2, 0.25) is 10.0 Å². The molecular formula is C16H24N2O4S. The van der Waals surface area contributed by atoms with Gasteiger partial charge >= 0.3 is 0 Å². The fraction of sp³-hybridized carbons (Fsp3) is 0.625. The molecule has 0 spiro atoms. The largest absolute Gasteiger partial charge is 0.490 e. The number of nitrogens with one attached hydrogen (secondary N) is 1. The Morgan fingerprint density at radius 2 is 2.00 bits per heavy atom. The Labute approximate surface area is 137 Å². The summed E-state index contributed by atoms with van der Waals surface area (Å²) >= 11 is 0. The van der Waals surface area contributed by atoms with Crippen LogP contribution in [0.2, 0.25) is 0 Å². The van der Waals surface area contributed by atoms with E-state index in [0.29, 0.717) is 24.7 Å². The third kappa shape index (κ3) is 3.97. The lowest BCUT2D eigenvalue weighted by molar-refractivity contribution is 0.211. The summed E-state index contributed by atoms with van der Waals surface area (Å²) in [6, 6.07) is 4.78. The van der Waals surface area contributed by atoms with Crippen molar-refractivity contribution in [2.24, 2.45) is 0 Å². The number of fused-ring (bicyclic) bond motifs is 1. The van der Waals surface area contributed by atoms with E-state index < -0.39 is 10.0 Å². The second-order valence-corrected chi connectivity index (χ2v) is 7.73. The van der Waals surface area contributed by atoms with Crippen molar-refractivity contribution in [3.63, 3.8) is 0 Å². The molecule has 0 bridgehead atoms. The maximum Gasteiger partial charge on any atom is 0.241 e. The van der Waals surface area contributed by atoms with Crippen LogP contribution in [0.4, 0.5) is 0 Å². The molecule has 0 radical (unpaired) electrons. The third-order valence-corrected chi connectivity index (χ3v) is 5.82. The second kappa shape index (κ2) is 7.07. The van der Waals surface area contributed by atoms with Crippen molar-refractivity contribution < 1.29 is 17.9 Å². The highest BCUT2D eigenvalue weighted by atomic mass is 32.2. The monoisotopic (exact) mass is 340 g/mol. The topological polar surface area (TPSA) is 67.9 Å². The Morgan fingerprint density at radius 3 is 2.78 bits per heavy atom. The van der Waals surface area contributed by atoms with Gasteiger partial charge in [-0.25, -0.2) is 13.1 Å². The van der Waals surface area contributed by atoms with E-state index in [1.54, 1.807) is 18.2 Å². The molecule has 0 aromatic heterocycles. The molecule has 0 unspecified atom stereocenters. The number of piperidine rings is 1. The molecule has 1 N–H and O–H groups in total. The van der Waals surface area contributed by atoms with E-state index in [1.807, 2.05) is 0 Å². The van der Waals surface area contributed by atoms with Crippen molar-refractivity contribution in [1.29, 1.82) is 0 Å². The quantitative estimate of drug-likeness (QED) is 0.902. The van der Waals surface area contributed by atoms with Crippen LogP contribution in [0.5, 0.6) is 11.5 Å². The molecule has 1 aromatic carbocycles. The van der Waals surface area contributed by atoms with Crippen molar-refractivity contribution in [2.75, 3.05) is 32.8 Å². The van der Waals surface area contributed by atoms with Gasteiger partial charge in [-0.2, -0.15) is 0 Å². The lowest BCUT2D eigenvalue weighted by Crippen LogP contribution is -2.47. The van der Waals surface area contributed by atoms with E-state index in [1.165, 1.54) is 0 Å². The van der Waals surface area contributed by atoms with Crippen LogP contribution in [-0.4, -0.2) is 52.2 Å². The van der Waals surface area contributed by atoms with E-state index in [0.717, 1.165) is 38.9 Å². The number of hydrogen-bond acceptors (Lipinski definition) is 5. The van der Waals surface area contributed by atoms with Crippen LogP contribution in [0.15, 0.2) is 23.1 Å². The van der Waals surface area contributed by atoms with Crippen LogP contribution < -0.4 is 14.2 Å². The number of likely N-dealkylation sites (N-methyl/N-ethyl adjacent to an activating group) is 1. The normalized spacial score (nSPS) is 22.6. The minimum atomic E-state index is -3.55. The van der Waals surface area contributed by atoms with Gasteiger partial charge in [-0.15, -0.1) is 0 Å². The highest BCUT2D eigenvalue weighted by molar-refractivity contribution is 7.89. The number of rotatable bonds is 4. The van der Waals surface area contributed by atoms with Gasteiger partial charge in [0, 0.05) is 25.1 Å². The Hall–Kier alpha value is -1.31. The van der Waals surface area contributed by atoms with Gasteiger partial charge in [0.25, 0.3) is 0 Å². The van der Waals surface area contributed by atoms with Gasteiger partial charge in [0.15, 0.2) is 11.5 Å². The first-order valence-corrected chi connectivity index (χ1v) is 9.71. The van der Waals surface area contributed by atoms with Gasteiger partial charge in [-0.3, -0.25) is 0 Å². The molecule has 23 heavy (non-hydrogen) atoms. The molecule has 0 aliphatic carbocycles. The molecule has 7 heteroatoms. The highest BCUT2D eigenvalue weighted by Crippen LogP contribution is 2.32. The molecule has 6 nitrogen and oxygen atoms in total. The number of likely N-dealkylation sites (tertiary alicyclic amines) is 1. The van der Waals surface area contributed by atoms with Crippen molar-refractivity contribution in [2.45, 2.75) is 37.1 Å². The zero-order valence-corrected chi connectivity index (χ0v) is 14.3. The summed E-state index contributed by atoms with van der Waals surface area (Å²) in [6.45, 7) is 5.98. The summed E-state index contributed by atoms with van der Waals surface area (Å²) in [5.41, 5.74) is 0. The molecule has 0 saturated carbocycles. The Morgan fingerprint density at radius 1 is 1.22 bits per heavy atom. The predicted molar refractivity (Wildman–Crippen MR) is 87.5 cm³/mol. The molecule has 2 aliphatic rings. The molecule has 1 saturated heterocycles. The minimum Gasteiger partial charge on any atom is -0.490 e. The number of nitrogens with zero attached hydrogens (tertiary/aromatic N) is 1. The minimum absolute atomic E-state index is 0.0373. The number of sulfonamides is 1. The molecule has 2 heterocycles. The van der Waals surface area contributed by atoms with Crippen molar-refractivity contribution in [1.82, 2.24) is 9.62 Å². The summed E-state index contributed by atoms with van der Waals surface area (Å²) in [5.74, 6) is 1.11. The first-order valence-electron chi connectivity index (χ1n) is 8.23.